The minimum absolute atomic E-state index is 0.625. The van der Waals surface area contributed by atoms with Crippen molar-refractivity contribution in [3.05, 3.63) is 60.7 Å². The fourth-order valence-corrected chi connectivity index (χ4v) is 3.24. The fourth-order valence-electron chi connectivity index (χ4n) is 1.58. The Morgan fingerprint density at radius 1 is 0.889 bits per heavy atom. The molecular formula is C16H15OP. The van der Waals surface area contributed by atoms with Crippen molar-refractivity contribution in [3.8, 4) is 11.8 Å². The monoisotopic (exact) mass is 254 g/mol. The Labute approximate surface area is 110 Å². The van der Waals surface area contributed by atoms with Crippen LogP contribution in [0.25, 0.3) is 0 Å². The van der Waals surface area contributed by atoms with Crippen molar-refractivity contribution in [2.75, 3.05) is 6.61 Å². The van der Waals surface area contributed by atoms with Gasteiger partial charge in [-0.3, -0.25) is 0 Å². The first kappa shape index (κ1) is 12.7. The van der Waals surface area contributed by atoms with Crippen LogP contribution in [-0.4, -0.2) is 6.61 Å². The van der Waals surface area contributed by atoms with E-state index in [1.165, 1.54) is 10.6 Å². The standard InChI is InChI=1S/C16H15OP/c1-2-17-13-14-18(15-9-5-3-6-10-15)16-11-7-4-8-12-16/h3-12H,2H2,1H3. The summed E-state index contributed by atoms with van der Waals surface area (Å²) in [4.78, 5) is 0. The van der Waals surface area contributed by atoms with Gasteiger partial charge in [-0.15, -0.1) is 0 Å². The maximum atomic E-state index is 5.16. The molecule has 0 atom stereocenters. The third-order valence-corrected chi connectivity index (χ3v) is 4.35. The molecule has 0 spiro atoms. The molecule has 18 heavy (non-hydrogen) atoms. The lowest BCUT2D eigenvalue weighted by molar-refractivity contribution is 0.299. The fraction of sp³-hybridized carbons (Fsp3) is 0.125. The van der Waals surface area contributed by atoms with Gasteiger partial charge in [-0.05, 0) is 23.2 Å². The Morgan fingerprint density at radius 2 is 1.39 bits per heavy atom. The zero-order valence-corrected chi connectivity index (χ0v) is 11.2. The van der Waals surface area contributed by atoms with Crippen LogP contribution in [0.2, 0.25) is 0 Å². The van der Waals surface area contributed by atoms with E-state index in [9.17, 15) is 0 Å². The minimum atomic E-state index is -0.649. The second-order valence-corrected chi connectivity index (χ2v) is 5.58. The molecule has 0 aliphatic carbocycles. The molecule has 0 heterocycles. The lowest BCUT2D eigenvalue weighted by Crippen LogP contribution is -2.09. The van der Waals surface area contributed by atoms with E-state index < -0.39 is 7.92 Å². The molecule has 0 aliphatic heterocycles. The largest absolute Gasteiger partial charge is 0.447 e. The van der Waals surface area contributed by atoms with Gasteiger partial charge in [0.05, 0.1) is 6.61 Å². The molecule has 0 radical (unpaired) electrons. The molecule has 0 unspecified atom stereocenters. The van der Waals surface area contributed by atoms with Gasteiger partial charge in [0.25, 0.3) is 0 Å². The van der Waals surface area contributed by atoms with Crippen molar-refractivity contribution >= 4 is 18.5 Å². The van der Waals surface area contributed by atoms with Crippen LogP contribution in [0.1, 0.15) is 6.92 Å². The molecule has 2 heteroatoms. The minimum Gasteiger partial charge on any atom is -0.447 e. The summed E-state index contributed by atoms with van der Waals surface area (Å²) in [6.45, 7) is 2.57. The molecule has 0 aliphatic rings. The number of hydrogen-bond acceptors (Lipinski definition) is 1. The number of ether oxygens (including phenoxy) is 1. The summed E-state index contributed by atoms with van der Waals surface area (Å²) in [5.74, 6) is 0. The van der Waals surface area contributed by atoms with Crippen LogP contribution in [0.15, 0.2) is 60.7 Å². The average Bonchev–Trinajstić information content (AvgIpc) is 2.46. The topological polar surface area (TPSA) is 9.23 Å². The first-order chi connectivity index (χ1) is 8.92. The third kappa shape index (κ3) is 3.36. The summed E-state index contributed by atoms with van der Waals surface area (Å²) < 4.78 is 5.16. The smallest absolute Gasteiger partial charge is 0.115 e. The molecule has 2 aromatic carbocycles. The van der Waals surface area contributed by atoms with Crippen molar-refractivity contribution in [3.63, 3.8) is 0 Å². The molecule has 0 aromatic heterocycles. The van der Waals surface area contributed by atoms with Gasteiger partial charge in [0.2, 0.25) is 0 Å². The average molecular weight is 254 g/mol. The summed E-state index contributed by atoms with van der Waals surface area (Å²) in [7, 11) is -0.649. The summed E-state index contributed by atoms with van der Waals surface area (Å²) in [6, 6.07) is 20.8. The Morgan fingerprint density at radius 3 is 1.83 bits per heavy atom. The Balaban J connectivity index is 2.33. The van der Waals surface area contributed by atoms with Crippen LogP contribution in [-0.2, 0) is 4.74 Å². The van der Waals surface area contributed by atoms with Crippen molar-refractivity contribution in [2.45, 2.75) is 6.92 Å². The van der Waals surface area contributed by atoms with Gasteiger partial charge in [-0.25, -0.2) is 0 Å². The van der Waals surface area contributed by atoms with Crippen LogP contribution in [0.4, 0.5) is 0 Å². The predicted molar refractivity (Wildman–Crippen MR) is 78.5 cm³/mol. The van der Waals surface area contributed by atoms with E-state index in [0.717, 1.165) is 0 Å². The summed E-state index contributed by atoms with van der Waals surface area (Å²) in [5, 5.41) is 2.51. The molecule has 0 amide bonds. The van der Waals surface area contributed by atoms with Crippen molar-refractivity contribution < 1.29 is 4.74 Å². The summed E-state index contributed by atoms with van der Waals surface area (Å²) in [6.07, 6.45) is 2.81. The molecule has 0 bridgehead atoms. The van der Waals surface area contributed by atoms with E-state index in [0.29, 0.717) is 6.61 Å². The molecule has 2 rings (SSSR count). The quantitative estimate of drug-likeness (QED) is 0.604. The van der Waals surface area contributed by atoms with E-state index in [1.807, 2.05) is 19.1 Å². The molecule has 0 N–H and O–H groups in total. The van der Waals surface area contributed by atoms with Crippen LogP contribution in [0, 0.1) is 11.8 Å². The second-order valence-electron chi connectivity index (χ2n) is 3.65. The number of rotatable bonds is 3. The number of benzene rings is 2. The van der Waals surface area contributed by atoms with Crippen LogP contribution in [0.5, 0.6) is 0 Å². The highest BCUT2D eigenvalue weighted by Crippen LogP contribution is 2.31. The number of hydrogen-bond donors (Lipinski definition) is 0. The van der Waals surface area contributed by atoms with Gasteiger partial charge in [0, 0.05) is 7.92 Å². The summed E-state index contributed by atoms with van der Waals surface area (Å²) in [5.41, 5.74) is 3.25. The summed E-state index contributed by atoms with van der Waals surface area (Å²) >= 11 is 0. The van der Waals surface area contributed by atoms with E-state index >= 15 is 0 Å². The van der Waals surface area contributed by atoms with Gasteiger partial charge in [-0.1, -0.05) is 60.7 Å². The molecule has 1 nitrogen and oxygen atoms in total. The Kier molecular flexibility index (Phi) is 4.82. The van der Waals surface area contributed by atoms with Gasteiger partial charge in [0.1, 0.15) is 6.11 Å². The molecule has 90 valence electrons. The zero-order valence-electron chi connectivity index (χ0n) is 10.3. The van der Waals surface area contributed by atoms with Gasteiger partial charge in [0.15, 0.2) is 0 Å². The van der Waals surface area contributed by atoms with Crippen molar-refractivity contribution in [2.24, 2.45) is 0 Å². The lowest BCUT2D eigenvalue weighted by atomic mass is 10.4. The van der Waals surface area contributed by atoms with E-state index in [4.69, 9.17) is 4.74 Å². The third-order valence-electron chi connectivity index (χ3n) is 2.40. The molecule has 0 saturated carbocycles. The lowest BCUT2D eigenvalue weighted by Gasteiger charge is -2.11. The van der Waals surface area contributed by atoms with Gasteiger partial charge in [-0.2, -0.15) is 0 Å². The van der Waals surface area contributed by atoms with E-state index in [-0.39, 0.29) is 0 Å². The highest BCUT2D eigenvalue weighted by Gasteiger charge is 2.10. The van der Waals surface area contributed by atoms with Crippen molar-refractivity contribution in [1.82, 2.24) is 0 Å². The van der Waals surface area contributed by atoms with E-state index in [1.54, 1.807) is 0 Å². The van der Waals surface area contributed by atoms with E-state index in [2.05, 4.69) is 60.3 Å². The van der Waals surface area contributed by atoms with Crippen LogP contribution >= 0.6 is 7.92 Å². The molecule has 2 aromatic rings. The normalized spacial score (nSPS) is 9.67. The van der Waals surface area contributed by atoms with Gasteiger partial charge >= 0.3 is 0 Å². The first-order valence-electron chi connectivity index (χ1n) is 5.94. The maximum Gasteiger partial charge on any atom is 0.115 e. The zero-order chi connectivity index (χ0) is 12.6. The molecular weight excluding hydrogens is 239 g/mol. The Bertz CT molecular complexity index is 486. The highest BCUT2D eigenvalue weighted by molar-refractivity contribution is 7.77. The second kappa shape index (κ2) is 6.84. The molecule has 0 fully saturated rings. The maximum absolute atomic E-state index is 5.16. The highest BCUT2D eigenvalue weighted by atomic mass is 31.1. The van der Waals surface area contributed by atoms with Crippen LogP contribution < -0.4 is 10.6 Å². The van der Waals surface area contributed by atoms with Crippen molar-refractivity contribution in [1.29, 1.82) is 0 Å². The molecule has 0 saturated heterocycles. The SMILES string of the molecule is CCOC#CP(c1ccccc1)c1ccccc1. The van der Waals surface area contributed by atoms with Crippen LogP contribution in [0.3, 0.4) is 0 Å². The predicted octanol–water partition coefficient (Wildman–Crippen LogP) is 3.07. The Hall–Kier alpha value is -1.77. The first-order valence-corrected chi connectivity index (χ1v) is 7.28. The van der Waals surface area contributed by atoms with Gasteiger partial charge < -0.3 is 4.74 Å².